The molecule has 0 spiro atoms. The van der Waals surface area contributed by atoms with E-state index in [4.69, 9.17) is 14.0 Å². The fourth-order valence-corrected chi connectivity index (χ4v) is 4.21. The fourth-order valence-electron chi connectivity index (χ4n) is 4.21. The van der Waals surface area contributed by atoms with Crippen LogP contribution in [0.2, 0.25) is 0 Å². The van der Waals surface area contributed by atoms with Crippen molar-refractivity contribution in [3.8, 4) is 22.6 Å². The molecule has 1 heterocycles. The molecule has 36 heavy (non-hydrogen) atoms. The summed E-state index contributed by atoms with van der Waals surface area (Å²) in [5.74, 6) is 0.930. The number of benzene rings is 3. The highest BCUT2D eigenvalue weighted by molar-refractivity contribution is 6.62. The van der Waals surface area contributed by atoms with Crippen LogP contribution in [0.3, 0.4) is 0 Å². The molecule has 1 N–H and O–H groups in total. The second-order valence-corrected chi connectivity index (χ2v) is 10.3. The Morgan fingerprint density at radius 2 is 1.31 bits per heavy atom. The van der Waals surface area contributed by atoms with E-state index in [0.717, 1.165) is 46.1 Å². The SMILES string of the molecule is C=CCc1ccc(O)c(-c2cc(CC=C)ccc2OCc2ccc(B3OC(C)(C)C(C)(C)O3)cc2)c1. The first-order valence-electron chi connectivity index (χ1n) is 12.4. The smallest absolute Gasteiger partial charge is 0.494 e. The van der Waals surface area contributed by atoms with Crippen molar-refractivity contribution in [3.63, 3.8) is 0 Å². The Labute approximate surface area is 215 Å². The summed E-state index contributed by atoms with van der Waals surface area (Å²) in [7, 11) is -0.389. The monoisotopic (exact) mass is 482 g/mol. The standard InChI is InChI=1S/C31H35BO4/c1-7-9-22-13-17-28(33)26(19-22)27-20-23(10-8-2)14-18-29(27)34-21-24-11-15-25(16-12-24)32-35-30(3,4)31(5,6)36-32/h7-8,11-20,33H,1-2,9-10,21H2,3-6H3. The highest BCUT2D eigenvalue weighted by Crippen LogP contribution is 2.38. The van der Waals surface area contributed by atoms with E-state index in [-0.39, 0.29) is 24.1 Å². The number of ether oxygens (including phenoxy) is 1. The largest absolute Gasteiger partial charge is 0.507 e. The minimum Gasteiger partial charge on any atom is -0.507 e. The summed E-state index contributed by atoms with van der Waals surface area (Å²) in [6.45, 7) is 16.3. The summed E-state index contributed by atoms with van der Waals surface area (Å²) < 4.78 is 18.6. The average molecular weight is 482 g/mol. The van der Waals surface area contributed by atoms with Crippen LogP contribution in [-0.2, 0) is 28.8 Å². The Hall–Kier alpha value is -3.28. The molecule has 0 aliphatic carbocycles. The van der Waals surface area contributed by atoms with Gasteiger partial charge in [-0.1, -0.05) is 48.6 Å². The second kappa shape index (κ2) is 10.4. The van der Waals surface area contributed by atoms with Crippen molar-refractivity contribution in [1.29, 1.82) is 0 Å². The first kappa shape index (κ1) is 25.8. The maximum atomic E-state index is 10.7. The van der Waals surface area contributed by atoms with Crippen LogP contribution in [-0.4, -0.2) is 23.4 Å². The topological polar surface area (TPSA) is 47.9 Å². The quantitative estimate of drug-likeness (QED) is 0.284. The zero-order valence-corrected chi connectivity index (χ0v) is 21.7. The summed E-state index contributed by atoms with van der Waals surface area (Å²) >= 11 is 0. The highest BCUT2D eigenvalue weighted by atomic mass is 16.7. The van der Waals surface area contributed by atoms with Gasteiger partial charge in [-0.2, -0.15) is 0 Å². The maximum Gasteiger partial charge on any atom is 0.494 e. The van der Waals surface area contributed by atoms with Crippen molar-refractivity contribution >= 4 is 12.6 Å². The van der Waals surface area contributed by atoms with Crippen LogP contribution in [0.15, 0.2) is 86.0 Å². The maximum absolute atomic E-state index is 10.7. The molecule has 1 aliphatic heterocycles. The van der Waals surface area contributed by atoms with E-state index < -0.39 is 0 Å². The van der Waals surface area contributed by atoms with Gasteiger partial charge in [-0.05, 0) is 87.0 Å². The van der Waals surface area contributed by atoms with Gasteiger partial charge in [0.2, 0.25) is 0 Å². The molecule has 0 atom stereocenters. The first-order chi connectivity index (χ1) is 17.1. The first-order valence-corrected chi connectivity index (χ1v) is 12.4. The molecule has 0 radical (unpaired) electrons. The molecule has 1 saturated heterocycles. The van der Waals surface area contributed by atoms with Crippen LogP contribution in [0.4, 0.5) is 0 Å². The summed E-state index contributed by atoms with van der Waals surface area (Å²) in [4.78, 5) is 0. The van der Waals surface area contributed by atoms with E-state index in [1.807, 2.05) is 60.7 Å². The van der Waals surface area contributed by atoms with Crippen LogP contribution >= 0.6 is 0 Å². The molecule has 4 rings (SSSR count). The van der Waals surface area contributed by atoms with Crippen LogP contribution in [0, 0.1) is 0 Å². The summed E-state index contributed by atoms with van der Waals surface area (Å²) in [5, 5.41) is 10.7. The molecule has 3 aromatic carbocycles. The molecule has 0 amide bonds. The number of phenolic OH excluding ortho intramolecular Hbond substituents is 1. The zero-order valence-electron chi connectivity index (χ0n) is 21.7. The lowest BCUT2D eigenvalue weighted by Gasteiger charge is -2.32. The number of aromatic hydroxyl groups is 1. The average Bonchev–Trinajstić information content (AvgIpc) is 3.07. The summed E-state index contributed by atoms with van der Waals surface area (Å²) in [5.41, 5.74) is 5.04. The normalized spacial score (nSPS) is 16.1. The third-order valence-electron chi connectivity index (χ3n) is 7.05. The van der Waals surface area contributed by atoms with Gasteiger partial charge in [-0.15, -0.1) is 13.2 Å². The van der Waals surface area contributed by atoms with Gasteiger partial charge < -0.3 is 19.2 Å². The molecular weight excluding hydrogens is 447 g/mol. The number of rotatable bonds is 9. The molecule has 4 nitrogen and oxygen atoms in total. The van der Waals surface area contributed by atoms with Gasteiger partial charge >= 0.3 is 7.12 Å². The molecule has 0 unspecified atom stereocenters. The third-order valence-corrected chi connectivity index (χ3v) is 7.05. The van der Waals surface area contributed by atoms with Crippen molar-refractivity contribution < 1.29 is 19.2 Å². The number of phenols is 1. The van der Waals surface area contributed by atoms with E-state index in [1.165, 1.54) is 0 Å². The van der Waals surface area contributed by atoms with Gasteiger partial charge in [0.05, 0.1) is 11.2 Å². The van der Waals surface area contributed by atoms with Crippen LogP contribution < -0.4 is 10.2 Å². The van der Waals surface area contributed by atoms with E-state index in [0.29, 0.717) is 12.4 Å². The van der Waals surface area contributed by atoms with Gasteiger partial charge in [0, 0.05) is 11.1 Å². The third kappa shape index (κ3) is 5.43. The Kier molecular flexibility index (Phi) is 7.44. The van der Waals surface area contributed by atoms with Crippen molar-refractivity contribution in [1.82, 2.24) is 0 Å². The Bertz CT molecular complexity index is 1230. The second-order valence-electron chi connectivity index (χ2n) is 10.3. The van der Waals surface area contributed by atoms with Crippen LogP contribution in [0.25, 0.3) is 11.1 Å². The van der Waals surface area contributed by atoms with E-state index in [2.05, 4.69) is 46.9 Å². The van der Waals surface area contributed by atoms with Crippen molar-refractivity contribution in [2.45, 2.75) is 58.3 Å². The van der Waals surface area contributed by atoms with Crippen LogP contribution in [0.1, 0.15) is 44.4 Å². The minimum atomic E-state index is -0.389. The molecular formula is C31H35BO4. The predicted octanol–water partition coefficient (Wildman–Crippen LogP) is 6.39. The van der Waals surface area contributed by atoms with E-state index in [1.54, 1.807) is 6.07 Å². The Balaban J connectivity index is 1.55. The van der Waals surface area contributed by atoms with Gasteiger partial charge in [-0.25, -0.2) is 0 Å². The number of hydrogen-bond donors (Lipinski definition) is 1. The molecule has 0 bridgehead atoms. The lowest BCUT2D eigenvalue weighted by Crippen LogP contribution is -2.41. The summed E-state index contributed by atoms with van der Waals surface area (Å²) in [6.07, 6.45) is 5.19. The molecule has 1 aliphatic rings. The number of hydrogen-bond acceptors (Lipinski definition) is 4. The van der Waals surface area contributed by atoms with Gasteiger partial charge in [-0.3, -0.25) is 0 Å². The van der Waals surface area contributed by atoms with Gasteiger partial charge in [0.1, 0.15) is 18.1 Å². The molecule has 0 aromatic heterocycles. The van der Waals surface area contributed by atoms with Crippen molar-refractivity contribution in [2.75, 3.05) is 0 Å². The predicted molar refractivity (Wildman–Crippen MR) is 148 cm³/mol. The molecule has 3 aromatic rings. The molecule has 5 heteroatoms. The van der Waals surface area contributed by atoms with Gasteiger partial charge in [0.25, 0.3) is 0 Å². The number of allylic oxidation sites excluding steroid dienone is 2. The van der Waals surface area contributed by atoms with E-state index in [9.17, 15) is 5.11 Å². The summed E-state index contributed by atoms with van der Waals surface area (Å²) in [6, 6.07) is 19.8. The van der Waals surface area contributed by atoms with Crippen molar-refractivity contribution in [3.05, 3.63) is 103 Å². The van der Waals surface area contributed by atoms with E-state index >= 15 is 0 Å². The van der Waals surface area contributed by atoms with Gasteiger partial charge in [0.15, 0.2) is 0 Å². The molecule has 0 saturated carbocycles. The lowest BCUT2D eigenvalue weighted by molar-refractivity contribution is 0.00578. The Morgan fingerprint density at radius 3 is 1.89 bits per heavy atom. The zero-order chi connectivity index (χ0) is 25.9. The Morgan fingerprint density at radius 1 is 0.778 bits per heavy atom. The molecule has 186 valence electrons. The van der Waals surface area contributed by atoms with Crippen molar-refractivity contribution in [2.24, 2.45) is 0 Å². The molecule has 1 fully saturated rings. The highest BCUT2D eigenvalue weighted by Gasteiger charge is 2.51. The van der Waals surface area contributed by atoms with Crippen LogP contribution in [0.5, 0.6) is 11.5 Å². The fraction of sp³-hybridized carbons (Fsp3) is 0.290. The minimum absolute atomic E-state index is 0.218. The lowest BCUT2D eigenvalue weighted by atomic mass is 9.79.